The Bertz CT molecular complexity index is 2800. The summed E-state index contributed by atoms with van der Waals surface area (Å²) in [4.78, 5) is 106. The molecule has 0 radical (unpaired) electrons. The highest BCUT2D eigenvalue weighted by molar-refractivity contribution is 9.10. The van der Waals surface area contributed by atoms with Gasteiger partial charge in [0.2, 0.25) is 17.7 Å². The van der Waals surface area contributed by atoms with Crippen molar-refractivity contribution in [2.24, 2.45) is 23.5 Å². The van der Waals surface area contributed by atoms with Gasteiger partial charge in [-0.2, -0.15) is 0 Å². The second kappa shape index (κ2) is 33.2. The number of carbonyl (C=O) groups is 8. The number of halogens is 5. The first-order chi connectivity index (χ1) is 40.4. The van der Waals surface area contributed by atoms with Crippen molar-refractivity contribution in [1.82, 2.24) is 21.3 Å². The van der Waals surface area contributed by atoms with Crippen LogP contribution in [0.5, 0.6) is 5.75 Å². The highest BCUT2D eigenvalue weighted by Crippen LogP contribution is 2.39. The fraction of sp³-hybridized carbons (Fsp3) is 0.586. The molecular weight excluding hydrogens is 1300 g/mol. The van der Waals surface area contributed by atoms with Crippen LogP contribution in [-0.2, 0) is 49.3 Å². The molecule has 0 aliphatic carbocycles. The molecule has 0 saturated carbocycles. The Kier molecular flexibility index (Phi) is 28.2. The molecule has 4 rings (SSSR count). The molecule has 28 heteroatoms. The molecule has 4 bridgehead atoms. The number of alkyl halides is 2. The van der Waals surface area contributed by atoms with Gasteiger partial charge in [-0.15, -0.1) is 0 Å². The Morgan fingerprint density at radius 3 is 2.30 bits per heavy atom. The van der Waals surface area contributed by atoms with Gasteiger partial charge in [0.25, 0.3) is 0 Å². The monoisotopic (exact) mass is 1380 g/mol. The predicted octanol–water partition coefficient (Wildman–Crippen LogP) is 7.75. The van der Waals surface area contributed by atoms with Gasteiger partial charge in [-0.25, -0.2) is 18.8 Å². The molecule has 1 saturated heterocycles. The van der Waals surface area contributed by atoms with Crippen LogP contribution in [0.25, 0.3) is 0 Å². The van der Waals surface area contributed by atoms with Crippen molar-refractivity contribution in [2.75, 3.05) is 54.0 Å². The van der Waals surface area contributed by atoms with Gasteiger partial charge in [0.1, 0.15) is 52.8 Å². The van der Waals surface area contributed by atoms with E-state index in [9.17, 15) is 48.6 Å². The zero-order valence-corrected chi connectivity index (χ0v) is 54.5. The number of anilines is 3. The molecule has 2 aliphatic rings. The lowest BCUT2D eigenvalue weighted by molar-refractivity contribution is -0.152. The average molecular weight is 1380 g/mol. The van der Waals surface area contributed by atoms with Crippen molar-refractivity contribution in [1.29, 1.82) is 0 Å². The third-order valence-electron chi connectivity index (χ3n) is 15.0. The second-order valence-electron chi connectivity index (χ2n) is 22.6. The van der Waals surface area contributed by atoms with Gasteiger partial charge >= 0.3 is 18.2 Å². The third kappa shape index (κ3) is 20.6. The van der Waals surface area contributed by atoms with Crippen molar-refractivity contribution < 1.29 is 76.6 Å². The van der Waals surface area contributed by atoms with Crippen molar-refractivity contribution in [3.63, 3.8) is 0 Å². The summed E-state index contributed by atoms with van der Waals surface area (Å²) in [5.41, 5.74) is 2.30. The summed E-state index contributed by atoms with van der Waals surface area (Å²) >= 11 is 20.1. The molecule has 23 nitrogen and oxygen atoms in total. The van der Waals surface area contributed by atoms with Crippen LogP contribution >= 0.6 is 55.1 Å². The van der Waals surface area contributed by atoms with Gasteiger partial charge in [-0.3, -0.25) is 30.3 Å². The molecule has 7 amide bonds. The number of aldehydes is 2. The number of benzene rings is 2. The van der Waals surface area contributed by atoms with E-state index in [1.165, 1.54) is 33.1 Å². The largest absolute Gasteiger partial charge is 0.495 e. The lowest BCUT2D eigenvalue weighted by Gasteiger charge is -2.43. The number of primary amides is 1. The SMILES string of the molecule is COc1cc2cc(c1Cl)N(C)C(=O)C[C@H](OC(=O)Nc1cc(F)c(NC(=O)[C@H](CCCNC(N)=O)NC(=O)[C@@H](NC(C=O)CCCC(C)(C)OC(C=O)(CBr)CBr)C(C)C)cc1Cl)[C@@H](C)[C@@H](O)[C@H](C)[C@@H]1C[C@@](O)(NC(=O)O1)[C@H](OC)/C=C/C=C(\C)C2. The Labute approximate surface area is 527 Å². The molecule has 10 N–H and O–H groups in total. The van der Waals surface area contributed by atoms with E-state index in [2.05, 4.69) is 63.8 Å². The Morgan fingerprint density at radius 1 is 1.01 bits per heavy atom. The molecular formula is C58H81Br2Cl2FN8O15. The number of rotatable bonds is 25. The number of urea groups is 1. The minimum Gasteiger partial charge on any atom is -0.495 e. The molecule has 478 valence electrons. The summed E-state index contributed by atoms with van der Waals surface area (Å²) in [5, 5.41) is 39.6. The zero-order valence-electron chi connectivity index (χ0n) is 49.9. The van der Waals surface area contributed by atoms with Crippen LogP contribution in [0.2, 0.25) is 10.0 Å². The number of allylic oxidation sites excluding steroid dienone is 3. The molecule has 2 aromatic carbocycles. The number of aliphatic hydroxyl groups is 2. The molecule has 1 fully saturated rings. The van der Waals surface area contributed by atoms with E-state index in [-0.39, 0.29) is 70.1 Å². The van der Waals surface area contributed by atoms with E-state index < -0.39 is 131 Å². The first kappa shape index (κ1) is 73.0. The number of ether oxygens (including phenoxy) is 5. The number of hydrogen-bond donors (Lipinski definition) is 9. The van der Waals surface area contributed by atoms with Crippen LogP contribution in [0.3, 0.4) is 0 Å². The lowest BCUT2D eigenvalue weighted by Crippen LogP contribution is -2.64. The minimum absolute atomic E-state index is 0.00691. The number of alkyl carbamates (subject to hydrolysis) is 1. The van der Waals surface area contributed by atoms with Crippen LogP contribution in [0.1, 0.15) is 99.0 Å². The summed E-state index contributed by atoms with van der Waals surface area (Å²) in [6.07, 6.45) is -0.335. The number of aliphatic hydroxyl groups excluding tert-OH is 1. The smallest absolute Gasteiger partial charge is 0.411 e. The number of nitrogens with zero attached hydrogens (tertiary/aromatic N) is 1. The molecule has 2 aliphatic heterocycles. The van der Waals surface area contributed by atoms with E-state index in [1.54, 1.807) is 51.1 Å². The third-order valence-corrected chi connectivity index (χ3v) is 17.6. The summed E-state index contributed by atoms with van der Waals surface area (Å²) in [7, 11) is 4.22. The Hall–Kier alpha value is -5.45. The number of methoxy groups -OCH3 is 2. The topological polar surface area (TPSA) is 325 Å². The lowest BCUT2D eigenvalue weighted by atomic mass is 9.81. The van der Waals surface area contributed by atoms with Crippen LogP contribution in [0, 0.1) is 23.6 Å². The highest BCUT2D eigenvalue weighted by atomic mass is 79.9. The first-order valence-corrected chi connectivity index (χ1v) is 30.9. The molecule has 10 atom stereocenters. The van der Waals surface area contributed by atoms with Gasteiger partial charge in [-0.05, 0) is 89.0 Å². The summed E-state index contributed by atoms with van der Waals surface area (Å²) < 4.78 is 45.0. The number of amides is 7. The van der Waals surface area contributed by atoms with Crippen LogP contribution in [0.4, 0.5) is 35.8 Å². The van der Waals surface area contributed by atoms with Gasteiger partial charge in [0.05, 0.1) is 59.4 Å². The second-order valence-corrected chi connectivity index (χ2v) is 24.5. The zero-order chi connectivity index (χ0) is 64.4. The fourth-order valence-electron chi connectivity index (χ4n) is 9.99. The molecule has 86 heavy (non-hydrogen) atoms. The highest BCUT2D eigenvalue weighted by Gasteiger charge is 2.49. The van der Waals surface area contributed by atoms with E-state index >= 15 is 4.39 Å². The van der Waals surface area contributed by atoms with E-state index in [0.717, 1.165) is 24.0 Å². The molecule has 0 spiro atoms. The fourth-order valence-corrected chi connectivity index (χ4v) is 11.9. The molecule has 1 unspecified atom stereocenters. The van der Waals surface area contributed by atoms with E-state index in [4.69, 9.17) is 52.6 Å². The standard InChI is InChI=1S/C58H81Br2Cl2FN8O15/c1-31(2)49(66-36(27-72)15-12-18-56(6,7)86-57(28-59,29-60)30-73)52(77)67-39(16-13-19-65-53(64)78)51(76)68-41-23-37(61)40(24-38(41)63)69-54(79)84-43-25-47(74)71(8)42-21-35(22-44(82-9)48(42)62)20-32(3)14-11-17-46(83-10)58(81)26-45(85-55(80)70-58)34(5)50(75)33(43)4/h11,14,17,21-24,27,30-31,33-34,36,39,43,45-46,49-50,66,75,81H,12-13,15-16,18-20,25-26,28-29H2,1-10H3,(H,67,77)(H,68,76)(H,69,79)(H,70,80)(H3,64,65,78)/b17-11+,32-14+/t33-,34-,36?,39+,43+,45+,46-,49+,50-,58+/m1/s1. The van der Waals surface area contributed by atoms with Crippen molar-refractivity contribution in [3.05, 3.63) is 69.5 Å². The predicted molar refractivity (Wildman–Crippen MR) is 330 cm³/mol. The van der Waals surface area contributed by atoms with Crippen molar-refractivity contribution in [3.8, 4) is 5.75 Å². The number of nitrogens with two attached hydrogens (primary N) is 1. The number of carbonyl (C=O) groups excluding carboxylic acids is 8. The maximum atomic E-state index is 16.2. The van der Waals surface area contributed by atoms with Gasteiger partial charge in [0.15, 0.2) is 12.0 Å². The number of fused-ring (bicyclic) bond motifs is 4. The van der Waals surface area contributed by atoms with Crippen molar-refractivity contribution in [2.45, 2.75) is 159 Å². The van der Waals surface area contributed by atoms with Crippen LogP contribution in [0.15, 0.2) is 48.1 Å². The maximum Gasteiger partial charge on any atom is 0.411 e. The minimum atomic E-state index is -2.01. The van der Waals surface area contributed by atoms with Crippen LogP contribution in [-0.4, -0.2) is 157 Å². The normalized spacial score (nSPS) is 23.5. The van der Waals surface area contributed by atoms with Gasteiger partial charge < -0.3 is 70.1 Å². The van der Waals surface area contributed by atoms with Gasteiger partial charge in [-0.1, -0.05) is 107 Å². The summed E-state index contributed by atoms with van der Waals surface area (Å²) in [5.74, 6) is -5.58. The summed E-state index contributed by atoms with van der Waals surface area (Å²) in [6.45, 7) is 12.0. The maximum absolute atomic E-state index is 16.2. The van der Waals surface area contributed by atoms with E-state index in [1.807, 2.05) is 20.8 Å². The summed E-state index contributed by atoms with van der Waals surface area (Å²) in [6, 6.07) is 1.17. The molecule has 0 aromatic heterocycles. The first-order valence-electron chi connectivity index (χ1n) is 27.9. The number of nitrogens with one attached hydrogen (secondary N) is 6. The number of hydrogen-bond acceptors (Lipinski definition) is 16. The van der Waals surface area contributed by atoms with Gasteiger partial charge in [0, 0.05) is 55.7 Å². The average Bonchev–Trinajstić information content (AvgIpc) is 2.77. The Balaban J connectivity index is 1.60. The van der Waals surface area contributed by atoms with Crippen LogP contribution < -0.4 is 47.3 Å². The Morgan fingerprint density at radius 2 is 1.70 bits per heavy atom. The molecule has 2 heterocycles. The molecule has 2 aromatic rings. The van der Waals surface area contributed by atoms with E-state index in [0.29, 0.717) is 31.1 Å². The van der Waals surface area contributed by atoms with Crippen molar-refractivity contribution >= 4 is 121 Å². The quantitative estimate of drug-likeness (QED) is 0.0261.